The highest BCUT2D eigenvalue weighted by molar-refractivity contribution is 7.90. The second-order valence-electron chi connectivity index (χ2n) is 5.19. The molecule has 6 nitrogen and oxygen atoms in total. The summed E-state index contributed by atoms with van der Waals surface area (Å²) in [6, 6.07) is 12.3. The minimum Gasteiger partial charge on any atom is -0.612 e. The van der Waals surface area contributed by atoms with Crippen LogP contribution < -0.4 is 0 Å². The highest BCUT2D eigenvalue weighted by Gasteiger charge is 2.18. The van der Waals surface area contributed by atoms with E-state index in [-0.39, 0.29) is 5.88 Å². The Morgan fingerprint density at radius 2 is 1.92 bits per heavy atom. The lowest BCUT2D eigenvalue weighted by Crippen LogP contribution is -2.02. The molecule has 1 atom stereocenters. The average molecular weight is 338 g/mol. The predicted octanol–water partition coefficient (Wildman–Crippen LogP) is 2.56. The first-order chi connectivity index (χ1) is 11.5. The zero-order valence-corrected chi connectivity index (χ0v) is 13.9. The molecule has 2 heterocycles. The van der Waals surface area contributed by atoms with Crippen LogP contribution in [0.5, 0.6) is 5.88 Å². The maximum absolute atomic E-state index is 11.4. The van der Waals surface area contributed by atoms with E-state index < -0.39 is 11.2 Å². The molecule has 0 aliphatic rings. The van der Waals surface area contributed by atoms with Gasteiger partial charge in [-0.05, 0) is 47.9 Å². The number of aryl methyl sites for hydroxylation is 1. The Labute approximate surface area is 142 Å². The van der Waals surface area contributed by atoms with Crippen LogP contribution in [0, 0.1) is 18.3 Å². The van der Waals surface area contributed by atoms with Gasteiger partial charge in [0.2, 0.25) is 5.88 Å². The van der Waals surface area contributed by atoms with Crippen molar-refractivity contribution >= 4 is 11.2 Å². The SMILES string of the molecule is Cc1nn(-c2ccc([S@+](C)[O-])cn2)c(O)c1-c1ccc(C#N)cc1. The van der Waals surface area contributed by atoms with Crippen LogP contribution in [0.4, 0.5) is 0 Å². The Hall–Kier alpha value is -2.82. The van der Waals surface area contributed by atoms with Crippen LogP contribution >= 0.6 is 0 Å². The fourth-order valence-corrected chi connectivity index (χ4v) is 2.85. The molecule has 0 amide bonds. The van der Waals surface area contributed by atoms with Gasteiger partial charge >= 0.3 is 0 Å². The molecule has 3 aromatic rings. The Bertz CT molecular complexity index is 910. The Morgan fingerprint density at radius 1 is 1.21 bits per heavy atom. The van der Waals surface area contributed by atoms with Crippen molar-refractivity contribution in [2.45, 2.75) is 11.8 Å². The minimum atomic E-state index is -1.11. The van der Waals surface area contributed by atoms with Gasteiger partial charge in [-0.3, -0.25) is 0 Å². The third kappa shape index (κ3) is 2.85. The number of aromatic nitrogens is 3. The molecular weight excluding hydrogens is 324 g/mol. The van der Waals surface area contributed by atoms with Gasteiger partial charge in [0.25, 0.3) is 0 Å². The van der Waals surface area contributed by atoms with E-state index in [4.69, 9.17) is 5.26 Å². The van der Waals surface area contributed by atoms with E-state index in [1.54, 1.807) is 49.6 Å². The molecule has 1 N–H and O–H groups in total. The summed E-state index contributed by atoms with van der Waals surface area (Å²) in [5.74, 6) is 0.403. The van der Waals surface area contributed by atoms with Crippen molar-refractivity contribution in [2.24, 2.45) is 0 Å². The first-order valence-electron chi connectivity index (χ1n) is 7.10. The third-order valence-corrected chi connectivity index (χ3v) is 4.51. The Kier molecular flexibility index (Phi) is 4.25. The van der Waals surface area contributed by atoms with E-state index in [1.807, 2.05) is 0 Å². The quantitative estimate of drug-likeness (QED) is 0.740. The number of hydrogen-bond donors (Lipinski definition) is 1. The summed E-state index contributed by atoms with van der Waals surface area (Å²) >= 11 is -1.11. The molecule has 0 radical (unpaired) electrons. The summed E-state index contributed by atoms with van der Waals surface area (Å²) in [6.45, 7) is 1.79. The lowest BCUT2D eigenvalue weighted by Gasteiger charge is -2.06. The summed E-state index contributed by atoms with van der Waals surface area (Å²) in [4.78, 5) is 4.82. The summed E-state index contributed by atoms with van der Waals surface area (Å²) < 4.78 is 12.8. The number of nitrogens with zero attached hydrogens (tertiary/aromatic N) is 4. The van der Waals surface area contributed by atoms with Crippen molar-refractivity contribution < 1.29 is 9.66 Å². The molecule has 0 saturated heterocycles. The van der Waals surface area contributed by atoms with Gasteiger partial charge in [0, 0.05) is 0 Å². The molecule has 0 spiro atoms. The van der Waals surface area contributed by atoms with Crippen molar-refractivity contribution in [3.05, 3.63) is 53.9 Å². The second kappa shape index (κ2) is 6.35. The Balaban J connectivity index is 2.04. The summed E-state index contributed by atoms with van der Waals surface area (Å²) in [5, 5.41) is 23.8. The largest absolute Gasteiger partial charge is 0.612 e. The first kappa shape index (κ1) is 16.1. The van der Waals surface area contributed by atoms with Crippen LogP contribution in [-0.2, 0) is 11.2 Å². The molecule has 0 fully saturated rings. The Morgan fingerprint density at radius 3 is 2.46 bits per heavy atom. The summed E-state index contributed by atoms with van der Waals surface area (Å²) in [5.41, 5.74) is 2.54. The molecule has 24 heavy (non-hydrogen) atoms. The van der Waals surface area contributed by atoms with E-state index in [0.717, 1.165) is 5.56 Å². The molecule has 0 aliphatic heterocycles. The van der Waals surface area contributed by atoms with Crippen molar-refractivity contribution in [1.82, 2.24) is 14.8 Å². The van der Waals surface area contributed by atoms with Crippen LogP contribution in [0.1, 0.15) is 11.3 Å². The normalized spacial score (nSPS) is 11.9. The molecule has 0 aliphatic carbocycles. The average Bonchev–Trinajstić information content (AvgIpc) is 2.89. The standard InChI is InChI=1S/C17H14N4O2S/c1-11-16(13-5-3-12(9-18)4-6-13)17(22)21(20-11)15-8-7-14(10-19-15)24(2)23/h3-8,10,22H,1-2H3/t24-/m0/s1. The fraction of sp³-hybridized carbons (Fsp3) is 0.118. The van der Waals surface area contributed by atoms with Crippen LogP contribution in [0.15, 0.2) is 47.5 Å². The maximum Gasteiger partial charge on any atom is 0.223 e. The zero-order chi connectivity index (χ0) is 17.3. The minimum absolute atomic E-state index is 0.0323. The highest BCUT2D eigenvalue weighted by Crippen LogP contribution is 2.33. The molecule has 1 aromatic carbocycles. The van der Waals surface area contributed by atoms with E-state index in [9.17, 15) is 9.66 Å². The molecule has 0 unspecified atom stereocenters. The van der Waals surface area contributed by atoms with Gasteiger partial charge in [0.05, 0.1) is 29.1 Å². The molecule has 3 rings (SSSR count). The predicted molar refractivity (Wildman–Crippen MR) is 90.2 cm³/mol. The number of nitriles is 1. The second-order valence-corrected chi connectivity index (χ2v) is 6.57. The van der Waals surface area contributed by atoms with Gasteiger partial charge in [0.15, 0.2) is 10.7 Å². The van der Waals surface area contributed by atoms with Gasteiger partial charge in [-0.25, -0.2) is 4.98 Å². The van der Waals surface area contributed by atoms with Crippen molar-refractivity contribution in [3.63, 3.8) is 0 Å². The van der Waals surface area contributed by atoms with Gasteiger partial charge in [0.1, 0.15) is 6.26 Å². The van der Waals surface area contributed by atoms with E-state index in [2.05, 4.69) is 16.2 Å². The highest BCUT2D eigenvalue weighted by atomic mass is 32.2. The zero-order valence-electron chi connectivity index (χ0n) is 13.1. The van der Waals surface area contributed by atoms with E-state index in [0.29, 0.717) is 27.5 Å². The monoisotopic (exact) mass is 338 g/mol. The van der Waals surface area contributed by atoms with Crippen LogP contribution in [0.25, 0.3) is 16.9 Å². The maximum atomic E-state index is 11.4. The van der Waals surface area contributed by atoms with Crippen molar-refractivity contribution in [2.75, 3.05) is 6.26 Å². The molecule has 120 valence electrons. The number of aromatic hydroxyl groups is 1. The number of hydrogen-bond acceptors (Lipinski definition) is 5. The van der Waals surface area contributed by atoms with Crippen molar-refractivity contribution in [1.29, 1.82) is 5.26 Å². The number of pyridine rings is 1. The lowest BCUT2D eigenvalue weighted by atomic mass is 10.0. The molecule has 0 bridgehead atoms. The van der Waals surface area contributed by atoms with Gasteiger partial charge < -0.3 is 9.66 Å². The summed E-state index contributed by atoms with van der Waals surface area (Å²) in [6.07, 6.45) is 3.08. The van der Waals surface area contributed by atoms with Crippen LogP contribution in [0.2, 0.25) is 0 Å². The first-order valence-corrected chi connectivity index (χ1v) is 8.66. The van der Waals surface area contributed by atoms with Gasteiger partial charge in [-0.2, -0.15) is 15.0 Å². The van der Waals surface area contributed by atoms with Crippen LogP contribution in [0.3, 0.4) is 0 Å². The van der Waals surface area contributed by atoms with E-state index >= 15 is 0 Å². The molecular formula is C17H14N4O2S. The molecule has 0 saturated carbocycles. The summed E-state index contributed by atoms with van der Waals surface area (Å²) in [7, 11) is 0. The lowest BCUT2D eigenvalue weighted by molar-refractivity contribution is 0.433. The topological polar surface area (TPSA) is 97.8 Å². The molecule has 7 heteroatoms. The molecule has 2 aromatic heterocycles. The van der Waals surface area contributed by atoms with Crippen molar-refractivity contribution in [3.8, 4) is 28.9 Å². The van der Waals surface area contributed by atoms with Gasteiger partial charge in [-0.15, -0.1) is 0 Å². The number of benzene rings is 1. The van der Waals surface area contributed by atoms with Gasteiger partial charge in [-0.1, -0.05) is 12.1 Å². The number of rotatable bonds is 3. The van der Waals surface area contributed by atoms with Crippen LogP contribution in [-0.4, -0.2) is 30.7 Å². The smallest absolute Gasteiger partial charge is 0.223 e. The third-order valence-electron chi connectivity index (χ3n) is 3.61. The van der Waals surface area contributed by atoms with E-state index in [1.165, 1.54) is 10.9 Å². The fourth-order valence-electron chi connectivity index (χ4n) is 2.39.